The number of aromatic nitrogens is 2. The van der Waals surface area contributed by atoms with Gasteiger partial charge in [-0.25, -0.2) is 4.68 Å². The number of hydrogen-bond acceptors (Lipinski definition) is 3. The van der Waals surface area contributed by atoms with E-state index in [2.05, 4.69) is 17.2 Å². The first-order valence-corrected chi connectivity index (χ1v) is 9.92. The van der Waals surface area contributed by atoms with E-state index in [1.165, 1.54) is 10.2 Å². The van der Waals surface area contributed by atoms with E-state index in [1.807, 2.05) is 55.1 Å². The Morgan fingerprint density at radius 3 is 2.46 bits per heavy atom. The van der Waals surface area contributed by atoms with Gasteiger partial charge in [0.15, 0.2) is 5.69 Å². The monoisotopic (exact) mass is 375 g/mol. The summed E-state index contributed by atoms with van der Waals surface area (Å²) in [6.07, 6.45) is 2.82. The highest BCUT2D eigenvalue weighted by Gasteiger charge is 2.32. The molecule has 5 nitrogen and oxygen atoms in total. The average Bonchev–Trinajstić information content (AvgIpc) is 3.16. The van der Waals surface area contributed by atoms with Crippen molar-refractivity contribution in [1.82, 2.24) is 14.7 Å². The van der Waals surface area contributed by atoms with Gasteiger partial charge in [0, 0.05) is 18.0 Å². The quantitative estimate of drug-likeness (QED) is 0.696. The van der Waals surface area contributed by atoms with Crippen molar-refractivity contribution < 1.29 is 4.79 Å². The minimum atomic E-state index is -0.149. The Kier molecular flexibility index (Phi) is 4.99. The van der Waals surface area contributed by atoms with Crippen molar-refractivity contribution in [3.63, 3.8) is 0 Å². The summed E-state index contributed by atoms with van der Waals surface area (Å²) in [7, 11) is 0. The summed E-state index contributed by atoms with van der Waals surface area (Å²) in [6, 6.07) is 17.6. The van der Waals surface area contributed by atoms with Gasteiger partial charge in [0.25, 0.3) is 11.5 Å². The van der Waals surface area contributed by atoms with Crippen LogP contribution in [0, 0.1) is 0 Å². The summed E-state index contributed by atoms with van der Waals surface area (Å²) < 4.78 is 1.43. The van der Waals surface area contributed by atoms with E-state index in [-0.39, 0.29) is 23.6 Å². The van der Waals surface area contributed by atoms with E-state index in [9.17, 15) is 9.59 Å². The summed E-state index contributed by atoms with van der Waals surface area (Å²) in [5.41, 5.74) is 1.46. The zero-order valence-electron chi connectivity index (χ0n) is 16.3. The van der Waals surface area contributed by atoms with Crippen LogP contribution in [0.15, 0.2) is 59.4 Å². The van der Waals surface area contributed by atoms with E-state index in [0.29, 0.717) is 16.5 Å². The lowest BCUT2D eigenvalue weighted by atomic mass is 10.0. The van der Waals surface area contributed by atoms with E-state index in [0.717, 1.165) is 25.8 Å². The number of amides is 1. The van der Waals surface area contributed by atoms with Gasteiger partial charge in [0.05, 0.1) is 11.4 Å². The van der Waals surface area contributed by atoms with E-state index >= 15 is 0 Å². The van der Waals surface area contributed by atoms with Gasteiger partial charge < -0.3 is 4.90 Å². The fourth-order valence-corrected chi connectivity index (χ4v) is 4.05. The van der Waals surface area contributed by atoms with Crippen LogP contribution in [0.2, 0.25) is 0 Å². The number of carbonyl (C=O) groups is 1. The number of rotatable bonds is 4. The normalized spacial score (nSPS) is 16.8. The number of benzene rings is 2. The lowest BCUT2D eigenvalue weighted by Gasteiger charge is -2.25. The van der Waals surface area contributed by atoms with Gasteiger partial charge >= 0.3 is 0 Å². The smallest absolute Gasteiger partial charge is 0.275 e. The van der Waals surface area contributed by atoms with Crippen molar-refractivity contribution in [2.45, 2.75) is 45.2 Å². The third kappa shape index (κ3) is 3.33. The van der Waals surface area contributed by atoms with E-state index < -0.39 is 0 Å². The van der Waals surface area contributed by atoms with Crippen LogP contribution in [0.25, 0.3) is 10.8 Å². The highest BCUT2D eigenvalue weighted by molar-refractivity contribution is 6.05. The van der Waals surface area contributed by atoms with Gasteiger partial charge in [-0.15, -0.1) is 0 Å². The van der Waals surface area contributed by atoms with Crippen LogP contribution in [0.5, 0.6) is 0 Å². The first-order chi connectivity index (χ1) is 13.6. The molecule has 0 spiro atoms. The highest BCUT2D eigenvalue weighted by atomic mass is 16.2. The Bertz CT molecular complexity index is 1060. The van der Waals surface area contributed by atoms with Crippen LogP contribution in [0.3, 0.4) is 0 Å². The second-order valence-electron chi connectivity index (χ2n) is 7.72. The molecule has 1 amide bonds. The molecule has 0 radical (unpaired) electrons. The number of likely N-dealkylation sites (tertiary alicyclic amines) is 1. The molecule has 1 aliphatic rings. The van der Waals surface area contributed by atoms with Crippen molar-refractivity contribution in [3.05, 3.63) is 76.2 Å². The molecule has 3 aromatic rings. The molecule has 0 aliphatic carbocycles. The maximum Gasteiger partial charge on any atom is 0.275 e. The van der Waals surface area contributed by atoms with Gasteiger partial charge in [-0.05, 0) is 44.7 Å². The summed E-state index contributed by atoms with van der Waals surface area (Å²) in [4.78, 5) is 28.2. The Balaban J connectivity index is 1.74. The van der Waals surface area contributed by atoms with Crippen LogP contribution in [-0.2, 0) is 6.42 Å². The van der Waals surface area contributed by atoms with Crippen LogP contribution < -0.4 is 5.56 Å². The molecule has 28 heavy (non-hydrogen) atoms. The molecule has 2 aromatic carbocycles. The SMILES string of the molecule is CC(C)n1nc(C(=O)N2CCCC2Cc2ccccc2)c2ccccc2c1=O. The lowest BCUT2D eigenvalue weighted by molar-refractivity contribution is 0.0729. The fraction of sp³-hybridized carbons (Fsp3) is 0.348. The molecule has 4 rings (SSSR count). The first-order valence-electron chi connectivity index (χ1n) is 9.92. The highest BCUT2D eigenvalue weighted by Crippen LogP contribution is 2.25. The van der Waals surface area contributed by atoms with Crippen molar-refractivity contribution in [3.8, 4) is 0 Å². The van der Waals surface area contributed by atoms with Gasteiger partial charge in [0.2, 0.25) is 0 Å². The van der Waals surface area contributed by atoms with Crippen molar-refractivity contribution in [2.24, 2.45) is 0 Å². The Morgan fingerprint density at radius 2 is 1.75 bits per heavy atom. The van der Waals surface area contributed by atoms with Crippen molar-refractivity contribution >= 4 is 16.7 Å². The molecule has 1 unspecified atom stereocenters. The Morgan fingerprint density at radius 1 is 1.07 bits per heavy atom. The third-order valence-electron chi connectivity index (χ3n) is 5.47. The second kappa shape index (κ2) is 7.58. The van der Waals surface area contributed by atoms with Crippen LogP contribution >= 0.6 is 0 Å². The first kappa shape index (κ1) is 18.4. The molecule has 144 valence electrons. The van der Waals surface area contributed by atoms with Gasteiger partial charge in [-0.3, -0.25) is 9.59 Å². The van der Waals surface area contributed by atoms with Gasteiger partial charge in [-0.2, -0.15) is 5.10 Å². The molecule has 1 atom stereocenters. The zero-order valence-corrected chi connectivity index (χ0v) is 16.3. The summed E-state index contributed by atoms with van der Waals surface area (Å²) in [5, 5.41) is 5.69. The topological polar surface area (TPSA) is 55.2 Å². The molecular weight excluding hydrogens is 350 g/mol. The maximum absolute atomic E-state index is 13.5. The molecule has 0 bridgehead atoms. The summed E-state index contributed by atoms with van der Waals surface area (Å²) in [5.74, 6) is -0.0796. The van der Waals surface area contributed by atoms with Crippen LogP contribution in [0.4, 0.5) is 0 Å². The third-order valence-corrected chi connectivity index (χ3v) is 5.47. The molecular formula is C23H25N3O2. The van der Waals surface area contributed by atoms with Crippen LogP contribution in [0.1, 0.15) is 48.8 Å². The second-order valence-corrected chi connectivity index (χ2v) is 7.72. The van der Waals surface area contributed by atoms with Gasteiger partial charge in [0.1, 0.15) is 0 Å². The predicted octanol–water partition coefficient (Wildman–Crippen LogP) is 3.82. The summed E-state index contributed by atoms with van der Waals surface area (Å²) in [6.45, 7) is 4.55. The molecule has 2 heterocycles. The zero-order chi connectivity index (χ0) is 19.7. The molecule has 1 fully saturated rings. The molecule has 1 saturated heterocycles. The van der Waals surface area contributed by atoms with Crippen molar-refractivity contribution in [1.29, 1.82) is 0 Å². The number of nitrogens with zero attached hydrogens (tertiary/aromatic N) is 3. The molecule has 0 saturated carbocycles. The number of hydrogen-bond donors (Lipinski definition) is 0. The molecule has 1 aliphatic heterocycles. The fourth-order valence-electron chi connectivity index (χ4n) is 4.05. The minimum Gasteiger partial charge on any atom is -0.334 e. The molecule has 5 heteroatoms. The maximum atomic E-state index is 13.5. The number of fused-ring (bicyclic) bond motifs is 1. The molecule has 1 aromatic heterocycles. The van der Waals surface area contributed by atoms with Crippen molar-refractivity contribution in [2.75, 3.05) is 6.54 Å². The molecule has 0 N–H and O–H groups in total. The van der Waals surface area contributed by atoms with E-state index in [1.54, 1.807) is 6.07 Å². The predicted molar refractivity (Wildman–Crippen MR) is 111 cm³/mol. The summed E-state index contributed by atoms with van der Waals surface area (Å²) >= 11 is 0. The Hall–Kier alpha value is -2.95. The van der Waals surface area contributed by atoms with E-state index in [4.69, 9.17) is 0 Å². The minimum absolute atomic E-state index is 0.0796. The standard InChI is InChI=1S/C23H25N3O2/c1-16(2)26-22(27)20-13-7-6-12-19(20)21(24-26)23(28)25-14-8-11-18(25)15-17-9-4-3-5-10-17/h3-7,9-10,12-13,16,18H,8,11,14-15H2,1-2H3. The number of carbonyl (C=O) groups excluding carboxylic acids is 1. The lowest BCUT2D eigenvalue weighted by Crippen LogP contribution is -2.39. The Labute approximate surface area is 164 Å². The largest absolute Gasteiger partial charge is 0.334 e. The average molecular weight is 375 g/mol. The van der Waals surface area contributed by atoms with Gasteiger partial charge in [-0.1, -0.05) is 48.5 Å². The van der Waals surface area contributed by atoms with Crippen LogP contribution in [-0.4, -0.2) is 33.2 Å².